The molecule has 0 aromatic rings. The Bertz CT molecular complexity index is 231. The minimum atomic E-state index is -3.75. The molecule has 0 aliphatic rings. The molecule has 6 heteroatoms. The van der Waals surface area contributed by atoms with Gasteiger partial charge in [0.15, 0.2) is 9.84 Å². The van der Waals surface area contributed by atoms with Gasteiger partial charge in [-0.1, -0.05) is 0 Å². The quantitative estimate of drug-likeness (QED) is 0.659. The summed E-state index contributed by atoms with van der Waals surface area (Å²) < 4.78 is 33.3. The number of carboxylic acid groups (broad SMARTS) is 1. The van der Waals surface area contributed by atoms with Crippen LogP contribution in [0.2, 0.25) is 0 Å². The molecule has 1 N–H and O–H groups in total. The summed E-state index contributed by atoms with van der Waals surface area (Å²) >= 11 is 0. The zero-order valence-electron chi connectivity index (χ0n) is 5.95. The molecule has 4 nitrogen and oxygen atoms in total. The van der Waals surface area contributed by atoms with Crippen LogP contribution in [0.15, 0.2) is 0 Å². The van der Waals surface area contributed by atoms with Crippen molar-refractivity contribution >= 4 is 15.8 Å². The van der Waals surface area contributed by atoms with Crippen LogP contribution in [0.4, 0.5) is 4.39 Å². The minimum absolute atomic E-state index is 0.723. The average molecular weight is 184 g/mol. The van der Waals surface area contributed by atoms with Gasteiger partial charge in [0, 0.05) is 0 Å². The normalized spacial score (nSPS) is 14.4. The lowest BCUT2D eigenvalue weighted by Crippen LogP contribution is -2.22. The van der Waals surface area contributed by atoms with Crippen LogP contribution in [0.5, 0.6) is 0 Å². The van der Waals surface area contributed by atoms with Gasteiger partial charge in [0.25, 0.3) is 0 Å². The highest BCUT2D eigenvalue weighted by Gasteiger charge is 2.18. The highest BCUT2D eigenvalue weighted by Crippen LogP contribution is 1.97. The lowest BCUT2D eigenvalue weighted by molar-refractivity contribution is -0.134. The van der Waals surface area contributed by atoms with E-state index in [1.54, 1.807) is 0 Å². The first-order chi connectivity index (χ1) is 4.83. The van der Waals surface area contributed by atoms with Crippen molar-refractivity contribution in [3.05, 3.63) is 0 Å². The molecule has 0 heterocycles. The molecule has 0 rings (SSSR count). The summed E-state index contributed by atoms with van der Waals surface area (Å²) in [6.45, 7) is 1.07. The van der Waals surface area contributed by atoms with Gasteiger partial charge in [-0.15, -0.1) is 0 Å². The molecule has 0 aliphatic heterocycles. The Kier molecular flexibility index (Phi) is 3.44. The second-order valence-corrected chi connectivity index (χ2v) is 4.34. The van der Waals surface area contributed by atoms with Crippen LogP contribution >= 0.6 is 0 Å². The molecule has 0 amide bonds. The van der Waals surface area contributed by atoms with E-state index in [0.717, 1.165) is 6.92 Å². The van der Waals surface area contributed by atoms with Crippen LogP contribution in [0.3, 0.4) is 0 Å². The smallest absolute Gasteiger partial charge is 0.318 e. The number of alkyl halides is 1. The lowest BCUT2D eigenvalue weighted by atomic mass is 10.5. The summed E-state index contributed by atoms with van der Waals surface area (Å²) in [7, 11) is -3.75. The highest BCUT2D eigenvalue weighted by molar-refractivity contribution is 7.92. The number of rotatable bonds is 4. The summed E-state index contributed by atoms with van der Waals surface area (Å²) in [6, 6.07) is 0. The molecule has 0 aromatic carbocycles. The molecule has 0 aromatic heterocycles. The molecule has 0 radical (unpaired) electrons. The number of sulfone groups is 1. The maximum absolute atomic E-state index is 12.1. The predicted octanol–water partition coefficient (Wildman–Crippen LogP) is -0.156. The summed E-state index contributed by atoms with van der Waals surface area (Å²) in [4.78, 5) is 9.89. The molecule has 0 saturated heterocycles. The molecule has 66 valence electrons. The number of hydrogen-bond donors (Lipinski definition) is 1. The Hall–Kier alpha value is -0.650. The van der Waals surface area contributed by atoms with Gasteiger partial charge >= 0.3 is 5.97 Å². The van der Waals surface area contributed by atoms with Crippen LogP contribution < -0.4 is 0 Å². The minimum Gasteiger partial charge on any atom is -0.480 e. The van der Waals surface area contributed by atoms with E-state index in [2.05, 4.69) is 0 Å². The van der Waals surface area contributed by atoms with Crippen molar-refractivity contribution < 1.29 is 22.7 Å². The second-order valence-electron chi connectivity index (χ2n) is 2.23. The van der Waals surface area contributed by atoms with Crippen molar-refractivity contribution in [2.45, 2.75) is 13.1 Å². The van der Waals surface area contributed by atoms with Gasteiger partial charge in [0.05, 0.1) is 5.75 Å². The van der Waals surface area contributed by atoms with Gasteiger partial charge in [-0.25, -0.2) is 12.8 Å². The Morgan fingerprint density at radius 2 is 2.09 bits per heavy atom. The van der Waals surface area contributed by atoms with Crippen molar-refractivity contribution in [2.24, 2.45) is 0 Å². The number of carbonyl (C=O) groups is 1. The zero-order chi connectivity index (χ0) is 9.07. The van der Waals surface area contributed by atoms with E-state index in [9.17, 15) is 17.6 Å². The number of aliphatic carboxylic acids is 1. The van der Waals surface area contributed by atoms with Gasteiger partial charge in [0.2, 0.25) is 0 Å². The predicted molar refractivity (Wildman–Crippen MR) is 36.9 cm³/mol. The Balaban J connectivity index is 4.14. The summed E-state index contributed by atoms with van der Waals surface area (Å²) in [6.07, 6.45) is -1.51. The summed E-state index contributed by atoms with van der Waals surface area (Å²) in [5.41, 5.74) is 0. The maximum Gasteiger partial charge on any atom is 0.318 e. The van der Waals surface area contributed by atoms with Crippen LogP contribution in [0.25, 0.3) is 0 Å². The van der Waals surface area contributed by atoms with Crippen molar-refractivity contribution in [1.29, 1.82) is 0 Å². The van der Waals surface area contributed by atoms with E-state index >= 15 is 0 Å². The second kappa shape index (κ2) is 3.66. The maximum atomic E-state index is 12.1. The van der Waals surface area contributed by atoms with E-state index in [0.29, 0.717) is 0 Å². The molecular formula is C5H9FO4S. The van der Waals surface area contributed by atoms with Crippen LogP contribution in [-0.4, -0.2) is 37.2 Å². The highest BCUT2D eigenvalue weighted by atomic mass is 32.2. The van der Waals surface area contributed by atoms with E-state index in [4.69, 9.17) is 5.11 Å². The Morgan fingerprint density at radius 1 is 1.64 bits per heavy atom. The third-order valence-electron chi connectivity index (χ3n) is 0.827. The molecule has 0 aliphatic carbocycles. The molecule has 1 unspecified atom stereocenters. The lowest BCUT2D eigenvalue weighted by Gasteiger charge is -2.00. The molecule has 0 saturated carbocycles. The van der Waals surface area contributed by atoms with Gasteiger partial charge < -0.3 is 5.11 Å². The average Bonchev–Trinajstić information content (AvgIpc) is 1.53. The van der Waals surface area contributed by atoms with Gasteiger partial charge in [-0.05, 0) is 6.92 Å². The first-order valence-corrected chi connectivity index (χ1v) is 4.72. The van der Waals surface area contributed by atoms with Crippen LogP contribution in [-0.2, 0) is 14.6 Å². The molecule has 0 bridgehead atoms. The molecular weight excluding hydrogens is 175 g/mol. The molecule has 1 atom stereocenters. The zero-order valence-corrected chi connectivity index (χ0v) is 6.77. The SMILES string of the molecule is CC(F)CS(=O)(=O)CC(=O)O. The third kappa shape index (κ3) is 5.78. The van der Waals surface area contributed by atoms with Gasteiger partial charge in [-0.3, -0.25) is 4.79 Å². The van der Waals surface area contributed by atoms with Crippen molar-refractivity contribution in [1.82, 2.24) is 0 Å². The molecule has 11 heavy (non-hydrogen) atoms. The van der Waals surface area contributed by atoms with Crippen LogP contribution in [0, 0.1) is 0 Å². The first-order valence-electron chi connectivity index (χ1n) is 2.90. The molecule has 0 spiro atoms. The first kappa shape index (κ1) is 10.3. The fourth-order valence-corrected chi connectivity index (χ4v) is 1.79. The van der Waals surface area contributed by atoms with E-state index in [1.165, 1.54) is 0 Å². The monoisotopic (exact) mass is 184 g/mol. The topological polar surface area (TPSA) is 71.4 Å². The van der Waals surface area contributed by atoms with E-state index in [-0.39, 0.29) is 0 Å². The number of hydrogen-bond acceptors (Lipinski definition) is 3. The fraction of sp³-hybridized carbons (Fsp3) is 0.800. The summed E-state index contributed by atoms with van der Waals surface area (Å²) in [5.74, 6) is -3.17. The fourth-order valence-electron chi connectivity index (χ4n) is 0.597. The van der Waals surface area contributed by atoms with Crippen molar-refractivity contribution in [3.8, 4) is 0 Å². The van der Waals surface area contributed by atoms with E-state index in [1.807, 2.05) is 0 Å². The largest absolute Gasteiger partial charge is 0.480 e. The van der Waals surface area contributed by atoms with E-state index < -0.39 is 33.5 Å². The van der Waals surface area contributed by atoms with Crippen molar-refractivity contribution in [3.63, 3.8) is 0 Å². The number of carboxylic acids is 1. The van der Waals surface area contributed by atoms with Gasteiger partial charge in [-0.2, -0.15) is 0 Å². The third-order valence-corrected chi connectivity index (χ3v) is 2.48. The number of halogens is 1. The van der Waals surface area contributed by atoms with Gasteiger partial charge in [0.1, 0.15) is 11.9 Å². The van der Waals surface area contributed by atoms with Crippen molar-refractivity contribution in [2.75, 3.05) is 11.5 Å². The Morgan fingerprint density at radius 3 is 2.36 bits per heavy atom. The standard InChI is InChI=1S/C5H9FO4S/c1-4(6)2-11(9,10)3-5(7)8/h4H,2-3H2,1H3,(H,7,8). The summed E-state index contributed by atoms with van der Waals surface area (Å²) in [5, 5.41) is 8.06. The molecule has 0 fully saturated rings. The van der Waals surface area contributed by atoms with Crippen LogP contribution in [0.1, 0.15) is 6.92 Å². The Labute approximate surface area is 63.9 Å².